The lowest BCUT2D eigenvalue weighted by Gasteiger charge is -2.40. The molecule has 1 aromatic carbocycles. The van der Waals surface area contributed by atoms with Gasteiger partial charge in [-0.2, -0.15) is 0 Å². The van der Waals surface area contributed by atoms with Crippen LogP contribution in [0.5, 0.6) is 0 Å². The van der Waals surface area contributed by atoms with Gasteiger partial charge in [-0.1, -0.05) is 18.2 Å². The second-order valence-electron chi connectivity index (χ2n) is 6.86. The lowest BCUT2D eigenvalue weighted by Crippen LogP contribution is -2.61. The van der Waals surface area contributed by atoms with Crippen molar-refractivity contribution in [2.75, 3.05) is 44.7 Å². The molecule has 0 radical (unpaired) electrons. The van der Waals surface area contributed by atoms with E-state index in [0.717, 1.165) is 25.1 Å². The molecule has 7 nitrogen and oxygen atoms in total. The van der Waals surface area contributed by atoms with Crippen LogP contribution in [0.4, 0.5) is 5.69 Å². The molecule has 0 spiro atoms. The van der Waals surface area contributed by atoms with Crippen LogP contribution >= 0.6 is 0 Å². The Morgan fingerprint density at radius 2 is 1.92 bits per heavy atom. The third-order valence-electron chi connectivity index (χ3n) is 5.19. The summed E-state index contributed by atoms with van der Waals surface area (Å²) in [7, 11) is 1.56. The van der Waals surface area contributed by atoms with E-state index in [-0.39, 0.29) is 24.3 Å². The largest absolute Gasteiger partial charge is 0.357 e. The molecule has 3 amide bonds. The van der Waals surface area contributed by atoms with Gasteiger partial charge in [-0.05, 0) is 24.5 Å². The minimum Gasteiger partial charge on any atom is -0.357 e. The van der Waals surface area contributed by atoms with Crippen molar-refractivity contribution in [1.29, 1.82) is 0 Å². The van der Waals surface area contributed by atoms with Crippen molar-refractivity contribution in [3.05, 3.63) is 29.8 Å². The van der Waals surface area contributed by atoms with Crippen LogP contribution in [-0.2, 0) is 20.8 Å². The molecule has 1 fully saturated rings. The first kappa shape index (κ1) is 18.4. The third kappa shape index (κ3) is 3.72. The highest BCUT2D eigenvalue weighted by atomic mass is 16.2. The Hall–Kier alpha value is -2.41. The lowest BCUT2D eigenvalue weighted by molar-refractivity contribution is -0.142. The molecule has 7 heteroatoms. The molecule has 1 saturated heterocycles. The summed E-state index contributed by atoms with van der Waals surface area (Å²) in [6.07, 6.45) is 1.96. The number of amides is 3. The van der Waals surface area contributed by atoms with Crippen molar-refractivity contribution in [3.63, 3.8) is 0 Å². The molecule has 0 bridgehead atoms. The minimum absolute atomic E-state index is 0.0454. The van der Waals surface area contributed by atoms with Crippen molar-refractivity contribution < 1.29 is 14.4 Å². The first-order valence-electron chi connectivity index (χ1n) is 9.10. The second kappa shape index (κ2) is 7.86. The van der Waals surface area contributed by atoms with Gasteiger partial charge in [0.1, 0.15) is 6.04 Å². The fourth-order valence-corrected chi connectivity index (χ4v) is 3.82. The number of likely N-dealkylation sites (N-methyl/N-ethyl adjacent to an activating group) is 1. The Morgan fingerprint density at radius 1 is 1.15 bits per heavy atom. The summed E-state index contributed by atoms with van der Waals surface area (Å²) in [6.45, 7) is 3.88. The number of rotatable bonds is 3. The zero-order valence-electron chi connectivity index (χ0n) is 15.4. The Balaban J connectivity index is 1.69. The normalized spacial score (nSPS) is 20.5. The van der Waals surface area contributed by atoms with E-state index < -0.39 is 6.04 Å². The van der Waals surface area contributed by atoms with E-state index in [2.05, 4.69) is 11.4 Å². The number of carbonyl (C=O) groups excluding carboxylic acids is 3. The maximum absolute atomic E-state index is 12.9. The molecule has 140 valence electrons. The first-order chi connectivity index (χ1) is 12.5. The molecule has 1 aromatic rings. The van der Waals surface area contributed by atoms with E-state index in [1.807, 2.05) is 28.0 Å². The van der Waals surface area contributed by atoms with Crippen molar-refractivity contribution >= 4 is 23.4 Å². The average molecular weight is 358 g/mol. The Kier molecular flexibility index (Phi) is 5.56. The number of hydrogen-bond acceptors (Lipinski definition) is 4. The molecule has 0 aliphatic carbocycles. The van der Waals surface area contributed by atoms with Crippen LogP contribution in [0.25, 0.3) is 0 Å². The molecule has 2 heterocycles. The van der Waals surface area contributed by atoms with Gasteiger partial charge in [0.05, 0.1) is 6.54 Å². The quantitative estimate of drug-likeness (QED) is 0.840. The maximum atomic E-state index is 12.9. The Bertz CT molecular complexity index is 706. The topological polar surface area (TPSA) is 73.0 Å². The van der Waals surface area contributed by atoms with Crippen molar-refractivity contribution in [3.8, 4) is 0 Å². The molecule has 1 unspecified atom stereocenters. The van der Waals surface area contributed by atoms with E-state index in [4.69, 9.17) is 0 Å². The molecular weight excluding hydrogens is 332 g/mol. The molecule has 3 rings (SSSR count). The van der Waals surface area contributed by atoms with Gasteiger partial charge in [-0.3, -0.25) is 19.3 Å². The molecule has 2 aliphatic rings. The monoisotopic (exact) mass is 358 g/mol. The summed E-state index contributed by atoms with van der Waals surface area (Å²) >= 11 is 0. The number of para-hydroxylation sites is 1. The molecule has 0 saturated carbocycles. The average Bonchev–Trinajstić information content (AvgIpc) is 2.66. The van der Waals surface area contributed by atoms with Crippen LogP contribution in [0.2, 0.25) is 0 Å². The van der Waals surface area contributed by atoms with E-state index in [0.29, 0.717) is 19.6 Å². The van der Waals surface area contributed by atoms with Gasteiger partial charge >= 0.3 is 0 Å². The fourth-order valence-electron chi connectivity index (χ4n) is 3.82. The number of anilines is 1. The summed E-state index contributed by atoms with van der Waals surface area (Å²) < 4.78 is 0. The SMILES string of the molecule is CNC(=O)C1CN(CC(=O)N2CCCc3ccccc32)CCN1C(C)=O. The first-order valence-corrected chi connectivity index (χ1v) is 9.10. The number of benzene rings is 1. The van der Waals surface area contributed by atoms with Crippen LogP contribution in [-0.4, -0.2) is 73.3 Å². The maximum Gasteiger partial charge on any atom is 0.243 e. The Labute approximate surface area is 153 Å². The van der Waals surface area contributed by atoms with Crippen LogP contribution in [0.1, 0.15) is 18.9 Å². The summed E-state index contributed by atoms with van der Waals surface area (Å²) in [4.78, 5) is 42.2. The summed E-state index contributed by atoms with van der Waals surface area (Å²) in [5.41, 5.74) is 2.20. The van der Waals surface area contributed by atoms with Crippen LogP contribution in [0, 0.1) is 0 Å². The number of fused-ring (bicyclic) bond motifs is 1. The summed E-state index contributed by atoms with van der Waals surface area (Å²) in [5, 5.41) is 2.61. The number of aryl methyl sites for hydroxylation is 1. The van der Waals surface area contributed by atoms with Crippen LogP contribution in [0.15, 0.2) is 24.3 Å². The Morgan fingerprint density at radius 3 is 2.65 bits per heavy atom. The van der Waals surface area contributed by atoms with Gasteiger partial charge in [0.25, 0.3) is 0 Å². The predicted molar refractivity (Wildman–Crippen MR) is 98.8 cm³/mol. The zero-order chi connectivity index (χ0) is 18.7. The molecule has 2 aliphatic heterocycles. The zero-order valence-corrected chi connectivity index (χ0v) is 15.4. The highest BCUT2D eigenvalue weighted by Gasteiger charge is 2.34. The fraction of sp³-hybridized carbons (Fsp3) is 0.526. The number of hydrogen-bond donors (Lipinski definition) is 1. The second-order valence-corrected chi connectivity index (χ2v) is 6.86. The van der Waals surface area contributed by atoms with Gasteiger partial charge in [-0.25, -0.2) is 0 Å². The standard InChI is InChI=1S/C19H26N4O3/c1-14(24)22-11-10-21(12-17(22)19(26)20-2)13-18(25)23-9-5-7-15-6-3-4-8-16(15)23/h3-4,6,8,17H,5,7,9-13H2,1-2H3,(H,20,26). The highest BCUT2D eigenvalue weighted by molar-refractivity contribution is 5.96. The number of nitrogens with zero attached hydrogens (tertiary/aromatic N) is 3. The van der Waals surface area contributed by atoms with Gasteiger partial charge in [-0.15, -0.1) is 0 Å². The van der Waals surface area contributed by atoms with Gasteiger partial charge in [0.15, 0.2) is 0 Å². The number of carbonyl (C=O) groups is 3. The number of piperazine rings is 1. The van der Waals surface area contributed by atoms with Crippen LogP contribution in [0.3, 0.4) is 0 Å². The smallest absolute Gasteiger partial charge is 0.243 e. The summed E-state index contributed by atoms with van der Waals surface area (Å²) in [6, 6.07) is 7.47. The van der Waals surface area contributed by atoms with Crippen LogP contribution < -0.4 is 10.2 Å². The predicted octanol–water partition coefficient (Wildman–Crippen LogP) is 0.245. The molecule has 1 atom stereocenters. The lowest BCUT2D eigenvalue weighted by atomic mass is 10.0. The van der Waals surface area contributed by atoms with Gasteiger partial charge < -0.3 is 15.1 Å². The minimum atomic E-state index is -0.548. The molecule has 0 aromatic heterocycles. The van der Waals surface area contributed by atoms with E-state index in [1.165, 1.54) is 12.5 Å². The van der Waals surface area contributed by atoms with Crippen molar-refractivity contribution in [1.82, 2.24) is 15.1 Å². The van der Waals surface area contributed by atoms with Gasteiger partial charge in [0, 0.05) is 45.8 Å². The van der Waals surface area contributed by atoms with E-state index in [1.54, 1.807) is 11.9 Å². The molecule has 26 heavy (non-hydrogen) atoms. The molecular formula is C19H26N4O3. The summed E-state index contributed by atoms with van der Waals surface area (Å²) in [5.74, 6) is -0.265. The highest BCUT2D eigenvalue weighted by Crippen LogP contribution is 2.27. The van der Waals surface area contributed by atoms with Gasteiger partial charge in [0.2, 0.25) is 17.7 Å². The van der Waals surface area contributed by atoms with Crippen molar-refractivity contribution in [2.45, 2.75) is 25.8 Å². The molecule has 1 N–H and O–H groups in total. The van der Waals surface area contributed by atoms with Crippen molar-refractivity contribution in [2.24, 2.45) is 0 Å². The number of nitrogens with one attached hydrogen (secondary N) is 1. The third-order valence-corrected chi connectivity index (χ3v) is 5.19. The van der Waals surface area contributed by atoms with E-state index >= 15 is 0 Å². The van der Waals surface area contributed by atoms with E-state index in [9.17, 15) is 14.4 Å².